The molecule has 0 bridgehead atoms. The van der Waals surface area contributed by atoms with Crippen LogP contribution in [0.4, 0.5) is 0 Å². The SMILES string of the molecule is NC(=NO)C1CCCN(S(=O)(=O)c2cc(Cl)ccc2Cl)C1. The number of hydrogen-bond donors (Lipinski definition) is 2. The van der Waals surface area contributed by atoms with Crippen LogP contribution in [0.1, 0.15) is 12.8 Å². The topological polar surface area (TPSA) is 96.0 Å². The first kappa shape index (κ1) is 16.4. The fraction of sp³-hybridized carbons (Fsp3) is 0.417. The number of oxime groups is 1. The van der Waals surface area contributed by atoms with Gasteiger partial charge >= 0.3 is 0 Å². The molecule has 0 radical (unpaired) electrons. The summed E-state index contributed by atoms with van der Waals surface area (Å²) in [5.41, 5.74) is 5.58. The van der Waals surface area contributed by atoms with Crippen LogP contribution in [-0.2, 0) is 10.0 Å². The maximum absolute atomic E-state index is 12.7. The third-order valence-corrected chi connectivity index (χ3v) is 6.01. The molecule has 0 amide bonds. The third kappa shape index (κ3) is 3.42. The molecule has 6 nitrogen and oxygen atoms in total. The lowest BCUT2D eigenvalue weighted by Gasteiger charge is -2.31. The number of hydrogen-bond acceptors (Lipinski definition) is 4. The summed E-state index contributed by atoms with van der Waals surface area (Å²) in [6, 6.07) is 4.30. The molecule has 1 aliphatic rings. The first-order valence-corrected chi connectivity index (χ1v) is 8.48. The van der Waals surface area contributed by atoms with Gasteiger partial charge in [0.25, 0.3) is 0 Å². The Morgan fingerprint density at radius 1 is 1.43 bits per heavy atom. The molecule has 0 saturated carbocycles. The zero-order valence-corrected chi connectivity index (χ0v) is 13.4. The van der Waals surface area contributed by atoms with E-state index in [0.717, 1.165) is 0 Å². The van der Waals surface area contributed by atoms with Gasteiger partial charge in [-0.25, -0.2) is 8.42 Å². The number of benzene rings is 1. The summed E-state index contributed by atoms with van der Waals surface area (Å²) in [5.74, 6) is -0.274. The minimum atomic E-state index is -3.77. The summed E-state index contributed by atoms with van der Waals surface area (Å²) < 4.78 is 26.6. The van der Waals surface area contributed by atoms with Crippen LogP contribution in [0.25, 0.3) is 0 Å². The second kappa shape index (κ2) is 6.39. The molecule has 2 rings (SSSR count). The van der Waals surface area contributed by atoms with Gasteiger partial charge in [-0.1, -0.05) is 28.4 Å². The van der Waals surface area contributed by atoms with E-state index in [9.17, 15) is 8.42 Å². The molecule has 9 heteroatoms. The normalized spacial score (nSPS) is 21.4. The van der Waals surface area contributed by atoms with Crippen LogP contribution in [0.2, 0.25) is 10.0 Å². The molecule has 21 heavy (non-hydrogen) atoms. The van der Waals surface area contributed by atoms with Crippen LogP contribution < -0.4 is 5.73 Å². The number of halogens is 2. The van der Waals surface area contributed by atoms with E-state index in [1.165, 1.54) is 22.5 Å². The smallest absolute Gasteiger partial charge is 0.244 e. The number of amidine groups is 1. The predicted octanol–water partition coefficient (Wildman–Crippen LogP) is 2.14. The van der Waals surface area contributed by atoms with Crippen LogP contribution in [0.5, 0.6) is 0 Å². The molecule has 1 aromatic rings. The van der Waals surface area contributed by atoms with Crippen molar-refractivity contribution in [2.75, 3.05) is 13.1 Å². The summed E-state index contributed by atoms with van der Waals surface area (Å²) in [5, 5.41) is 12.1. The van der Waals surface area contributed by atoms with Crippen LogP contribution in [0.3, 0.4) is 0 Å². The van der Waals surface area contributed by atoms with Crippen molar-refractivity contribution < 1.29 is 13.6 Å². The lowest BCUT2D eigenvalue weighted by Crippen LogP contribution is -2.44. The highest BCUT2D eigenvalue weighted by Gasteiger charge is 2.33. The summed E-state index contributed by atoms with van der Waals surface area (Å²) in [7, 11) is -3.77. The summed E-state index contributed by atoms with van der Waals surface area (Å²) in [4.78, 5) is -0.0307. The van der Waals surface area contributed by atoms with Crippen molar-refractivity contribution in [1.29, 1.82) is 0 Å². The highest BCUT2D eigenvalue weighted by atomic mass is 35.5. The van der Waals surface area contributed by atoms with Gasteiger partial charge in [0, 0.05) is 24.0 Å². The van der Waals surface area contributed by atoms with Gasteiger partial charge in [-0.3, -0.25) is 0 Å². The number of sulfonamides is 1. The van der Waals surface area contributed by atoms with Gasteiger partial charge in [-0.15, -0.1) is 0 Å². The Morgan fingerprint density at radius 3 is 2.81 bits per heavy atom. The summed E-state index contributed by atoms with van der Waals surface area (Å²) in [6.45, 7) is 0.515. The molecule has 0 aromatic heterocycles. The van der Waals surface area contributed by atoms with Gasteiger partial charge in [0.05, 0.1) is 5.02 Å². The van der Waals surface area contributed by atoms with Gasteiger partial charge in [0.15, 0.2) is 0 Å². The minimum Gasteiger partial charge on any atom is -0.409 e. The molecule has 1 heterocycles. The van der Waals surface area contributed by atoms with Gasteiger partial charge in [0.2, 0.25) is 10.0 Å². The van der Waals surface area contributed by atoms with E-state index < -0.39 is 10.0 Å². The quantitative estimate of drug-likeness (QED) is 0.377. The fourth-order valence-electron chi connectivity index (χ4n) is 2.30. The predicted molar refractivity (Wildman–Crippen MR) is 81.4 cm³/mol. The molecule has 0 spiro atoms. The first-order chi connectivity index (χ1) is 9.86. The van der Waals surface area contributed by atoms with Crippen molar-refractivity contribution in [2.24, 2.45) is 16.8 Å². The van der Waals surface area contributed by atoms with Crippen molar-refractivity contribution >= 4 is 39.1 Å². The number of nitrogens with two attached hydrogens (primary N) is 1. The summed E-state index contributed by atoms with van der Waals surface area (Å²) >= 11 is 11.8. The zero-order chi connectivity index (χ0) is 15.6. The van der Waals surface area contributed by atoms with Gasteiger partial charge in [0.1, 0.15) is 10.7 Å². The van der Waals surface area contributed by atoms with Crippen molar-refractivity contribution in [2.45, 2.75) is 17.7 Å². The Labute approximate surface area is 133 Å². The Balaban J connectivity index is 2.33. The lowest BCUT2D eigenvalue weighted by molar-refractivity contribution is 0.287. The monoisotopic (exact) mass is 351 g/mol. The molecule has 0 aliphatic carbocycles. The molecule has 3 N–H and O–H groups in total. The van der Waals surface area contributed by atoms with Crippen LogP contribution in [-0.4, -0.2) is 36.9 Å². The fourth-order valence-corrected chi connectivity index (χ4v) is 4.56. The average molecular weight is 352 g/mol. The van der Waals surface area contributed by atoms with E-state index in [1.807, 2.05) is 0 Å². The van der Waals surface area contributed by atoms with E-state index in [2.05, 4.69) is 5.16 Å². The van der Waals surface area contributed by atoms with Gasteiger partial charge < -0.3 is 10.9 Å². The second-order valence-electron chi connectivity index (χ2n) is 4.80. The van der Waals surface area contributed by atoms with E-state index >= 15 is 0 Å². The number of nitrogens with zero attached hydrogens (tertiary/aromatic N) is 2. The van der Waals surface area contributed by atoms with Gasteiger partial charge in [-0.2, -0.15) is 4.31 Å². The van der Waals surface area contributed by atoms with Crippen molar-refractivity contribution in [3.05, 3.63) is 28.2 Å². The number of rotatable bonds is 3. The molecular weight excluding hydrogens is 337 g/mol. The van der Waals surface area contributed by atoms with E-state index in [0.29, 0.717) is 24.4 Å². The largest absolute Gasteiger partial charge is 0.409 e. The molecule has 1 aromatic carbocycles. The lowest BCUT2D eigenvalue weighted by atomic mass is 9.99. The summed E-state index contributed by atoms with van der Waals surface area (Å²) in [6.07, 6.45) is 1.30. The highest BCUT2D eigenvalue weighted by molar-refractivity contribution is 7.89. The maximum Gasteiger partial charge on any atom is 0.244 e. The average Bonchev–Trinajstić information content (AvgIpc) is 2.49. The molecular formula is C12H15Cl2N3O3S. The van der Waals surface area contributed by atoms with Crippen LogP contribution in [0.15, 0.2) is 28.3 Å². The second-order valence-corrected chi connectivity index (χ2v) is 7.55. The number of piperidine rings is 1. The first-order valence-electron chi connectivity index (χ1n) is 6.29. The molecule has 1 unspecified atom stereocenters. The van der Waals surface area contributed by atoms with Crippen LogP contribution >= 0.6 is 23.2 Å². The van der Waals surface area contributed by atoms with E-state index in [4.69, 9.17) is 34.1 Å². The minimum absolute atomic E-state index is 0.0307. The van der Waals surface area contributed by atoms with Crippen molar-refractivity contribution in [3.8, 4) is 0 Å². The molecule has 1 fully saturated rings. The Hall–Kier alpha value is -1.02. The van der Waals surface area contributed by atoms with E-state index in [-0.39, 0.29) is 28.2 Å². The molecule has 1 atom stereocenters. The van der Waals surface area contributed by atoms with Gasteiger partial charge in [-0.05, 0) is 31.0 Å². The van der Waals surface area contributed by atoms with Crippen LogP contribution in [0, 0.1) is 5.92 Å². The Kier molecular flexibility index (Phi) is 4.98. The standard InChI is InChI=1S/C12H15Cl2N3O3S/c13-9-3-4-10(14)11(6-9)21(19,20)17-5-1-2-8(7-17)12(15)16-18/h3-4,6,8,18H,1-2,5,7H2,(H2,15,16). The maximum atomic E-state index is 12.7. The Bertz CT molecular complexity index is 664. The van der Waals surface area contributed by atoms with Crippen molar-refractivity contribution in [1.82, 2.24) is 4.31 Å². The van der Waals surface area contributed by atoms with Crippen molar-refractivity contribution in [3.63, 3.8) is 0 Å². The molecule has 1 aliphatic heterocycles. The van der Waals surface area contributed by atoms with E-state index in [1.54, 1.807) is 0 Å². The highest BCUT2D eigenvalue weighted by Crippen LogP contribution is 2.30. The Morgan fingerprint density at radius 2 is 2.14 bits per heavy atom. The molecule has 1 saturated heterocycles. The third-order valence-electron chi connectivity index (χ3n) is 3.43. The zero-order valence-electron chi connectivity index (χ0n) is 11.0. The molecule has 116 valence electrons.